The monoisotopic (exact) mass is 317 g/mol. The molecule has 1 unspecified atom stereocenters. The van der Waals surface area contributed by atoms with E-state index in [4.69, 9.17) is 4.74 Å². The molecule has 2 aliphatic rings. The predicted octanol–water partition coefficient (Wildman–Crippen LogP) is 2.39. The molecule has 3 rings (SSSR count). The zero-order valence-electron chi connectivity index (χ0n) is 14.0. The summed E-state index contributed by atoms with van der Waals surface area (Å²) in [4.78, 5) is 18.5. The Kier molecular flexibility index (Phi) is 5.49. The Balaban J connectivity index is 1.47. The molecule has 1 N–H and O–H groups in total. The molecule has 1 saturated heterocycles. The third-order valence-corrected chi connectivity index (χ3v) is 5.20. The summed E-state index contributed by atoms with van der Waals surface area (Å²) in [6.45, 7) is 5.72. The first-order valence-corrected chi connectivity index (χ1v) is 8.74. The SMILES string of the molecule is Cc1cnccc1CCNC(=O)N1CCOCC(C2CCC2)C1. The summed E-state index contributed by atoms with van der Waals surface area (Å²) in [6.07, 6.45) is 8.44. The van der Waals surface area contributed by atoms with Crippen LogP contribution in [0.2, 0.25) is 0 Å². The molecule has 1 atom stereocenters. The largest absolute Gasteiger partial charge is 0.379 e. The van der Waals surface area contributed by atoms with E-state index in [2.05, 4.69) is 17.2 Å². The summed E-state index contributed by atoms with van der Waals surface area (Å²) in [5, 5.41) is 3.06. The Morgan fingerprint density at radius 1 is 1.43 bits per heavy atom. The minimum Gasteiger partial charge on any atom is -0.379 e. The number of hydrogen-bond acceptors (Lipinski definition) is 3. The molecule has 0 aromatic carbocycles. The lowest BCUT2D eigenvalue weighted by atomic mass is 9.76. The molecule has 0 bridgehead atoms. The molecule has 5 heteroatoms. The minimum atomic E-state index is 0.0477. The van der Waals surface area contributed by atoms with Gasteiger partial charge in [-0.25, -0.2) is 4.79 Å². The summed E-state index contributed by atoms with van der Waals surface area (Å²) < 4.78 is 5.71. The number of pyridine rings is 1. The fourth-order valence-corrected chi connectivity index (χ4v) is 3.42. The zero-order chi connectivity index (χ0) is 16.1. The lowest BCUT2D eigenvalue weighted by Crippen LogP contribution is -2.45. The second kappa shape index (κ2) is 7.77. The van der Waals surface area contributed by atoms with Crippen molar-refractivity contribution in [1.29, 1.82) is 0 Å². The molecule has 2 fully saturated rings. The van der Waals surface area contributed by atoms with Crippen LogP contribution in [-0.2, 0) is 11.2 Å². The Labute approximate surface area is 138 Å². The maximum Gasteiger partial charge on any atom is 0.317 e. The van der Waals surface area contributed by atoms with Gasteiger partial charge in [-0.1, -0.05) is 19.3 Å². The molecular formula is C18H27N3O2. The Morgan fingerprint density at radius 2 is 2.30 bits per heavy atom. The normalized spacial score (nSPS) is 22.3. The molecule has 23 heavy (non-hydrogen) atoms. The number of urea groups is 1. The first-order chi connectivity index (χ1) is 11.2. The van der Waals surface area contributed by atoms with Crippen molar-refractivity contribution in [1.82, 2.24) is 15.2 Å². The van der Waals surface area contributed by atoms with Gasteiger partial charge < -0.3 is 15.0 Å². The average molecular weight is 317 g/mol. The summed E-state index contributed by atoms with van der Waals surface area (Å²) in [6, 6.07) is 2.07. The van der Waals surface area contributed by atoms with E-state index < -0.39 is 0 Å². The van der Waals surface area contributed by atoms with Gasteiger partial charge >= 0.3 is 6.03 Å². The second-order valence-electron chi connectivity index (χ2n) is 6.76. The third-order valence-electron chi connectivity index (χ3n) is 5.20. The molecule has 1 aromatic rings. The van der Waals surface area contributed by atoms with Crippen molar-refractivity contribution in [3.05, 3.63) is 29.6 Å². The van der Waals surface area contributed by atoms with Gasteiger partial charge in [-0.2, -0.15) is 0 Å². The number of carbonyl (C=O) groups is 1. The molecule has 1 saturated carbocycles. The van der Waals surface area contributed by atoms with Crippen LogP contribution in [0.25, 0.3) is 0 Å². The Hall–Kier alpha value is -1.62. The van der Waals surface area contributed by atoms with Crippen molar-refractivity contribution in [2.75, 3.05) is 32.8 Å². The number of carbonyl (C=O) groups excluding carboxylic acids is 1. The van der Waals surface area contributed by atoms with E-state index >= 15 is 0 Å². The highest BCUT2D eigenvalue weighted by Gasteiger charge is 2.31. The quantitative estimate of drug-likeness (QED) is 0.928. The molecule has 126 valence electrons. The van der Waals surface area contributed by atoms with E-state index in [9.17, 15) is 4.79 Å². The summed E-state index contributed by atoms with van der Waals surface area (Å²) in [7, 11) is 0. The molecule has 2 heterocycles. The van der Waals surface area contributed by atoms with E-state index in [-0.39, 0.29) is 6.03 Å². The zero-order valence-corrected chi connectivity index (χ0v) is 14.0. The van der Waals surface area contributed by atoms with Crippen LogP contribution in [0.4, 0.5) is 4.79 Å². The smallest absolute Gasteiger partial charge is 0.317 e. The third kappa shape index (κ3) is 4.22. The van der Waals surface area contributed by atoms with Gasteiger partial charge in [0.15, 0.2) is 0 Å². The van der Waals surface area contributed by atoms with Crippen LogP contribution in [0.1, 0.15) is 30.4 Å². The number of amides is 2. The van der Waals surface area contributed by atoms with Crippen LogP contribution in [-0.4, -0.2) is 48.8 Å². The topological polar surface area (TPSA) is 54.5 Å². The van der Waals surface area contributed by atoms with Crippen molar-refractivity contribution in [3.63, 3.8) is 0 Å². The Morgan fingerprint density at radius 3 is 3.04 bits per heavy atom. The number of aryl methyl sites for hydroxylation is 1. The van der Waals surface area contributed by atoms with E-state index in [0.29, 0.717) is 25.6 Å². The van der Waals surface area contributed by atoms with E-state index in [1.54, 1.807) is 6.20 Å². The number of aromatic nitrogens is 1. The van der Waals surface area contributed by atoms with Crippen molar-refractivity contribution in [2.24, 2.45) is 11.8 Å². The van der Waals surface area contributed by atoms with E-state index in [0.717, 1.165) is 25.5 Å². The molecule has 1 aliphatic heterocycles. The van der Waals surface area contributed by atoms with Crippen LogP contribution in [0.3, 0.4) is 0 Å². The van der Waals surface area contributed by atoms with E-state index in [1.807, 2.05) is 17.2 Å². The minimum absolute atomic E-state index is 0.0477. The van der Waals surface area contributed by atoms with E-state index in [1.165, 1.54) is 30.4 Å². The maximum absolute atomic E-state index is 12.4. The molecule has 1 aromatic heterocycles. The maximum atomic E-state index is 12.4. The first-order valence-electron chi connectivity index (χ1n) is 8.74. The van der Waals surface area contributed by atoms with Gasteiger partial charge in [-0.15, -0.1) is 0 Å². The number of nitrogens with zero attached hydrogens (tertiary/aromatic N) is 2. The highest BCUT2D eigenvalue weighted by atomic mass is 16.5. The first kappa shape index (κ1) is 16.2. The highest BCUT2D eigenvalue weighted by Crippen LogP contribution is 2.34. The van der Waals surface area contributed by atoms with Gasteiger partial charge in [0, 0.05) is 37.9 Å². The van der Waals surface area contributed by atoms with Crippen LogP contribution in [0.5, 0.6) is 0 Å². The Bertz CT molecular complexity index is 531. The van der Waals surface area contributed by atoms with Gasteiger partial charge in [-0.05, 0) is 36.5 Å². The highest BCUT2D eigenvalue weighted by molar-refractivity contribution is 5.74. The molecule has 2 amide bonds. The average Bonchev–Trinajstić information content (AvgIpc) is 2.73. The van der Waals surface area contributed by atoms with Gasteiger partial charge in [0.25, 0.3) is 0 Å². The van der Waals surface area contributed by atoms with Crippen LogP contribution >= 0.6 is 0 Å². The number of ether oxygens (including phenoxy) is 1. The van der Waals surface area contributed by atoms with Gasteiger partial charge in [-0.3, -0.25) is 4.98 Å². The fraction of sp³-hybridized carbons (Fsp3) is 0.667. The number of hydrogen-bond donors (Lipinski definition) is 1. The lowest BCUT2D eigenvalue weighted by Gasteiger charge is -2.34. The molecule has 5 nitrogen and oxygen atoms in total. The molecule has 0 spiro atoms. The molecule has 0 radical (unpaired) electrons. The van der Waals surface area contributed by atoms with Crippen LogP contribution < -0.4 is 5.32 Å². The number of rotatable bonds is 4. The van der Waals surface area contributed by atoms with Gasteiger partial charge in [0.1, 0.15) is 0 Å². The number of nitrogens with one attached hydrogen (secondary N) is 1. The summed E-state index contributed by atoms with van der Waals surface area (Å²) >= 11 is 0. The van der Waals surface area contributed by atoms with Crippen molar-refractivity contribution < 1.29 is 9.53 Å². The van der Waals surface area contributed by atoms with Crippen LogP contribution in [0, 0.1) is 18.8 Å². The van der Waals surface area contributed by atoms with Gasteiger partial charge in [0.05, 0.1) is 13.2 Å². The fourth-order valence-electron chi connectivity index (χ4n) is 3.42. The van der Waals surface area contributed by atoms with Crippen LogP contribution in [0.15, 0.2) is 18.5 Å². The molecule has 1 aliphatic carbocycles. The molecular weight excluding hydrogens is 290 g/mol. The lowest BCUT2D eigenvalue weighted by molar-refractivity contribution is 0.0775. The second-order valence-corrected chi connectivity index (χ2v) is 6.76. The standard InChI is InChI=1S/C18H27N3O2/c1-14-11-19-7-5-15(14)6-8-20-18(22)21-9-10-23-13-17(12-21)16-3-2-4-16/h5,7,11,16-17H,2-4,6,8-10,12-13H2,1H3,(H,20,22). The van der Waals surface area contributed by atoms with Gasteiger partial charge in [0.2, 0.25) is 0 Å². The van der Waals surface area contributed by atoms with Crippen molar-refractivity contribution in [3.8, 4) is 0 Å². The van der Waals surface area contributed by atoms with Crippen molar-refractivity contribution in [2.45, 2.75) is 32.6 Å². The van der Waals surface area contributed by atoms with Crippen molar-refractivity contribution >= 4 is 6.03 Å². The summed E-state index contributed by atoms with van der Waals surface area (Å²) in [5.74, 6) is 1.27. The summed E-state index contributed by atoms with van der Waals surface area (Å²) in [5.41, 5.74) is 2.42. The predicted molar refractivity (Wildman–Crippen MR) is 89.3 cm³/mol.